The van der Waals surface area contributed by atoms with Gasteiger partial charge in [0.15, 0.2) is 11.5 Å². The maximum Gasteiger partial charge on any atom is 0.222 e. The molecule has 7 heteroatoms. The highest BCUT2D eigenvalue weighted by molar-refractivity contribution is 5.83. The summed E-state index contributed by atoms with van der Waals surface area (Å²) in [6, 6.07) is 9.70. The summed E-state index contributed by atoms with van der Waals surface area (Å²) in [6.45, 7) is 4.47. The van der Waals surface area contributed by atoms with Crippen LogP contribution in [0.15, 0.2) is 35.4 Å². The van der Waals surface area contributed by atoms with Gasteiger partial charge in [-0.15, -0.1) is 0 Å². The number of nitrogens with one attached hydrogen (secondary N) is 2. The van der Waals surface area contributed by atoms with E-state index >= 15 is 0 Å². The van der Waals surface area contributed by atoms with Crippen LogP contribution in [0.25, 0.3) is 11.0 Å². The number of aryl methyl sites for hydroxylation is 1. The Labute approximate surface area is 152 Å². The van der Waals surface area contributed by atoms with E-state index in [1.165, 1.54) is 5.56 Å². The number of nitrogens with zero attached hydrogens (tertiary/aromatic N) is 2. The molecule has 0 saturated carbocycles. The highest BCUT2D eigenvalue weighted by Crippen LogP contribution is 2.38. The molecule has 2 N–H and O–H groups in total. The van der Waals surface area contributed by atoms with Crippen molar-refractivity contribution >= 4 is 23.2 Å². The first-order valence-electron chi connectivity index (χ1n) is 8.29. The van der Waals surface area contributed by atoms with E-state index in [-0.39, 0.29) is 0 Å². The Kier molecular flexibility index (Phi) is 5.26. The monoisotopic (exact) mass is 354 g/mol. The van der Waals surface area contributed by atoms with Crippen LogP contribution in [-0.2, 0) is 0 Å². The van der Waals surface area contributed by atoms with E-state index in [0.29, 0.717) is 29.8 Å². The molecule has 0 aliphatic heterocycles. The van der Waals surface area contributed by atoms with Crippen molar-refractivity contribution in [3.05, 3.63) is 41.5 Å². The molecule has 0 amide bonds. The van der Waals surface area contributed by atoms with Gasteiger partial charge in [0.25, 0.3) is 0 Å². The van der Waals surface area contributed by atoms with Gasteiger partial charge in [-0.3, -0.25) is 0 Å². The molecule has 7 nitrogen and oxygen atoms in total. The Morgan fingerprint density at radius 1 is 1.15 bits per heavy atom. The SMILES string of the molecule is CCOc1c(OC)cc(/C=N\Nc2nc3ccc(C)cc3[nH]2)cc1OC. The van der Waals surface area contributed by atoms with Crippen LogP contribution in [0.3, 0.4) is 0 Å². The van der Waals surface area contributed by atoms with Gasteiger partial charge in [0.1, 0.15) is 0 Å². The van der Waals surface area contributed by atoms with Crippen molar-refractivity contribution in [3.8, 4) is 17.2 Å². The molecule has 0 aliphatic carbocycles. The van der Waals surface area contributed by atoms with E-state index in [0.717, 1.165) is 16.6 Å². The summed E-state index contributed by atoms with van der Waals surface area (Å²) < 4.78 is 16.4. The fraction of sp³-hybridized carbons (Fsp3) is 0.263. The van der Waals surface area contributed by atoms with E-state index in [1.54, 1.807) is 20.4 Å². The minimum atomic E-state index is 0.521. The molecule has 1 heterocycles. The van der Waals surface area contributed by atoms with Crippen molar-refractivity contribution in [1.82, 2.24) is 9.97 Å². The van der Waals surface area contributed by atoms with Crippen LogP contribution >= 0.6 is 0 Å². The summed E-state index contributed by atoms with van der Waals surface area (Å²) in [5.41, 5.74) is 6.74. The van der Waals surface area contributed by atoms with Crippen molar-refractivity contribution in [2.75, 3.05) is 26.3 Å². The fourth-order valence-electron chi connectivity index (χ4n) is 2.61. The summed E-state index contributed by atoms with van der Waals surface area (Å²) >= 11 is 0. The Morgan fingerprint density at radius 3 is 2.54 bits per heavy atom. The summed E-state index contributed by atoms with van der Waals surface area (Å²) in [5, 5.41) is 4.24. The molecular weight excluding hydrogens is 332 g/mol. The molecule has 0 radical (unpaired) electrons. The lowest BCUT2D eigenvalue weighted by atomic mass is 10.2. The summed E-state index contributed by atoms with van der Waals surface area (Å²) in [5.74, 6) is 2.33. The Hall–Kier alpha value is -3.22. The zero-order valence-corrected chi connectivity index (χ0v) is 15.3. The second kappa shape index (κ2) is 7.77. The number of hydrogen-bond acceptors (Lipinski definition) is 6. The van der Waals surface area contributed by atoms with E-state index < -0.39 is 0 Å². The maximum absolute atomic E-state index is 5.60. The van der Waals surface area contributed by atoms with Crippen molar-refractivity contribution < 1.29 is 14.2 Å². The van der Waals surface area contributed by atoms with Crippen molar-refractivity contribution in [1.29, 1.82) is 0 Å². The summed E-state index contributed by atoms with van der Waals surface area (Å²) in [4.78, 5) is 7.63. The topological polar surface area (TPSA) is 80.8 Å². The molecule has 0 unspecified atom stereocenters. The number of aromatic amines is 1. The number of rotatable bonds is 7. The third-order valence-corrected chi connectivity index (χ3v) is 3.79. The van der Waals surface area contributed by atoms with Gasteiger partial charge < -0.3 is 19.2 Å². The third-order valence-electron chi connectivity index (χ3n) is 3.79. The lowest BCUT2D eigenvalue weighted by Crippen LogP contribution is -2.00. The van der Waals surface area contributed by atoms with Crippen molar-refractivity contribution in [3.63, 3.8) is 0 Å². The Balaban J connectivity index is 1.80. The Bertz CT molecular complexity index is 909. The van der Waals surface area contributed by atoms with E-state index in [4.69, 9.17) is 14.2 Å². The number of imidazole rings is 1. The summed E-state index contributed by atoms with van der Waals surface area (Å²) in [7, 11) is 3.18. The molecule has 0 saturated heterocycles. The van der Waals surface area contributed by atoms with Gasteiger partial charge in [0.05, 0.1) is 38.1 Å². The predicted molar refractivity (Wildman–Crippen MR) is 103 cm³/mol. The lowest BCUT2D eigenvalue weighted by Gasteiger charge is -2.14. The molecule has 0 fully saturated rings. The zero-order chi connectivity index (χ0) is 18.5. The minimum Gasteiger partial charge on any atom is -0.493 e. The van der Waals surface area contributed by atoms with Gasteiger partial charge in [0, 0.05) is 5.56 Å². The number of H-pyrrole nitrogens is 1. The number of ether oxygens (including phenoxy) is 3. The van der Waals surface area contributed by atoms with Crippen molar-refractivity contribution in [2.45, 2.75) is 13.8 Å². The molecule has 0 bridgehead atoms. The van der Waals surface area contributed by atoms with Crippen LogP contribution in [0.4, 0.5) is 5.95 Å². The fourth-order valence-corrected chi connectivity index (χ4v) is 2.61. The van der Waals surface area contributed by atoms with E-state index in [9.17, 15) is 0 Å². The van der Waals surface area contributed by atoms with E-state index in [1.807, 2.05) is 44.2 Å². The molecule has 0 spiro atoms. The van der Waals surface area contributed by atoms with Gasteiger partial charge in [-0.05, 0) is 43.7 Å². The lowest BCUT2D eigenvalue weighted by molar-refractivity contribution is 0.288. The van der Waals surface area contributed by atoms with Gasteiger partial charge in [-0.25, -0.2) is 10.4 Å². The third kappa shape index (κ3) is 3.72. The number of hydrogen-bond donors (Lipinski definition) is 2. The number of methoxy groups -OCH3 is 2. The molecule has 2 aromatic carbocycles. The largest absolute Gasteiger partial charge is 0.493 e. The van der Waals surface area contributed by atoms with Gasteiger partial charge in [-0.1, -0.05) is 6.07 Å². The quantitative estimate of drug-likeness (QED) is 0.499. The zero-order valence-electron chi connectivity index (χ0n) is 15.3. The molecule has 136 valence electrons. The average molecular weight is 354 g/mol. The van der Waals surface area contributed by atoms with Crippen LogP contribution in [0.1, 0.15) is 18.1 Å². The highest BCUT2D eigenvalue weighted by Gasteiger charge is 2.13. The van der Waals surface area contributed by atoms with Crippen LogP contribution in [-0.4, -0.2) is 37.0 Å². The number of benzene rings is 2. The van der Waals surface area contributed by atoms with Crippen molar-refractivity contribution in [2.24, 2.45) is 5.10 Å². The molecule has 1 aromatic heterocycles. The van der Waals surface area contributed by atoms with E-state index in [2.05, 4.69) is 20.5 Å². The predicted octanol–water partition coefficient (Wildman–Crippen LogP) is 3.73. The first-order chi connectivity index (χ1) is 12.6. The highest BCUT2D eigenvalue weighted by atomic mass is 16.5. The number of anilines is 1. The van der Waals surface area contributed by atoms with Crippen LogP contribution < -0.4 is 19.6 Å². The smallest absolute Gasteiger partial charge is 0.222 e. The molecule has 26 heavy (non-hydrogen) atoms. The van der Waals surface area contributed by atoms with Crippen LogP contribution in [0.2, 0.25) is 0 Å². The van der Waals surface area contributed by atoms with Gasteiger partial charge in [0.2, 0.25) is 11.7 Å². The first-order valence-corrected chi connectivity index (χ1v) is 8.29. The second-order valence-electron chi connectivity index (χ2n) is 5.66. The van der Waals surface area contributed by atoms with Gasteiger partial charge >= 0.3 is 0 Å². The number of hydrazone groups is 1. The molecule has 0 atom stereocenters. The molecule has 3 aromatic rings. The van der Waals surface area contributed by atoms with Crippen LogP contribution in [0.5, 0.6) is 17.2 Å². The molecule has 3 rings (SSSR count). The molecule has 0 aliphatic rings. The number of fused-ring (bicyclic) bond motifs is 1. The molecular formula is C19H22N4O3. The standard InChI is InChI=1S/C19H22N4O3/c1-5-26-18-16(24-3)9-13(10-17(18)25-4)11-20-23-19-21-14-7-6-12(2)8-15(14)22-19/h6-11H,5H2,1-4H3,(H2,21,22,23)/b20-11-. The normalized spacial score (nSPS) is 11.1. The minimum absolute atomic E-state index is 0.521. The average Bonchev–Trinajstić information content (AvgIpc) is 3.04. The summed E-state index contributed by atoms with van der Waals surface area (Å²) in [6.07, 6.45) is 1.67. The number of aromatic nitrogens is 2. The maximum atomic E-state index is 5.60. The first kappa shape index (κ1) is 17.6. The Morgan fingerprint density at radius 2 is 1.88 bits per heavy atom. The van der Waals surface area contributed by atoms with Gasteiger partial charge in [-0.2, -0.15) is 5.10 Å². The van der Waals surface area contributed by atoms with Crippen LogP contribution in [0, 0.1) is 6.92 Å². The second-order valence-corrected chi connectivity index (χ2v) is 5.66.